The zero-order valence-electron chi connectivity index (χ0n) is 13.4. The maximum Gasteiger partial charge on any atom is 0.313 e. The summed E-state index contributed by atoms with van der Waals surface area (Å²) in [6, 6.07) is 13.3. The number of benzene rings is 1. The second kappa shape index (κ2) is 7.74. The van der Waals surface area contributed by atoms with Crippen molar-refractivity contribution in [1.82, 2.24) is 5.32 Å². The van der Waals surface area contributed by atoms with Crippen molar-refractivity contribution in [2.24, 2.45) is 0 Å². The number of carbonyl (C=O) groups excluding carboxylic acids is 2. The predicted molar refractivity (Wildman–Crippen MR) is 99.1 cm³/mol. The Morgan fingerprint density at radius 3 is 2.58 bits per heavy atom. The van der Waals surface area contributed by atoms with Crippen molar-refractivity contribution in [2.45, 2.75) is 5.60 Å². The monoisotopic (exact) mass is 390 g/mol. The number of hydrogen-bond acceptors (Lipinski definition) is 5. The fourth-order valence-electron chi connectivity index (χ4n) is 2.35. The van der Waals surface area contributed by atoms with Crippen molar-refractivity contribution in [1.29, 1.82) is 0 Å². The first kappa shape index (κ1) is 18.2. The smallest absolute Gasteiger partial charge is 0.313 e. The van der Waals surface area contributed by atoms with E-state index in [0.717, 1.165) is 0 Å². The molecule has 3 aromatic rings. The van der Waals surface area contributed by atoms with Gasteiger partial charge in [0.2, 0.25) is 0 Å². The maximum absolute atomic E-state index is 12.1. The molecule has 26 heavy (non-hydrogen) atoms. The summed E-state index contributed by atoms with van der Waals surface area (Å²) in [7, 11) is 0. The summed E-state index contributed by atoms with van der Waals surface area (Å²) >= 11 is 7.27. The van der Waals surface area contributed by atoms with Crippen LogP contribution in [0.25, 0.3) is 0 Å². The Bertz CT molecular complexity index is 860. The first-order valence-electron chi connectivity index (χ1n) is 7.65. The first-order chi connectivity index (χ1) is 12.5. The molecule has 0 fully saturated rings. The van der Waals surface area contributed by atoms with Crippen LogP contribution in [0.2, 0.25) is 5.02 Å². The molecule has 0 aliphatic rings. The average Bonchev–Trinajstić information content (AvgIpc) is 3.35. The normalized spacial score (nSPS) is 13.0. The number of amides is 2. The molecule has 8 heteroatoms. The van der Waals surface area contributed by atoms with E-state index < -0.39 is 17.4 Å². The maximum atomic E-state index is 12.1. The molecule has 3 N–H and O–H groups in total. The van der Waals surface area contributed by atoms with Gasteiger partial charge in [0, 0.05) is 4.88 Å². The Hall–Kier alpha value is -2.61. The average molecular weight is 391 g/mol. The van der Waals surface area contributed by atoms with E-state index in [1.807, 2.05) is 0 Å². The van der Waals surface area contributed by atoms with Crippen LogP contribution >= 0.6 is 22.9 Å². The standard InChI is InChI=1S/C18H15ClN2O4S/c19-12-5-1-2-6-13(12)21-17(23)16(22)20-11-18(24,14-7-3-9-25-14)15-8-4-10-26-15/h1-10,24H,11H2,(H,20,22)(H,21,23)/t18-/m1/s1. The van der Waals surface area contributed by atoms with E-state index in [9.17, 15) is 14.7 Å². The van der Waals surface area contributed by atoms with Gasteiger partial charge in [0.05, 0.1) is 23.5 Å². The summed E-state index contributed by atoms with van der Waals surface area (Å²) in [4.78, 5) is 24.8. The molecule has 0 unspecified atom stereocenters. The van der Waals surface area contributed by atoms with Gasteiger partial charge in [-0.2, -0.15) is 0 Å². The van der Waals surface area contributed by atoms with Gasteiger partial charge < -0.3 is 20.2 Å². The summed E-state index contributed by atoms with van der Waals surface area (Å²) in [6.45, 7) is -0.226. The van der Waals surface area contributed by atoms with Crippen molar-refractivity contribution in [2.75, 3.05) is 11.9 Å². The van der Waals surface area contributed by atoms with Crippen molar-refractivity contribution >= 4 is 40.4 Å². The summed E-state index contributed by atoms with van der Waals surface area (Å²) < 4.78 is 5.31. The second-order valence-corrected chi connectivity index (χ2v) is 6.79. The van der Waals surface area contributed by atoms with Gasteiger partial charge in [-0.1, -0.05) is 29.8 Å². The highest BCUT2D eigenvalue weighted by atomic mass is 35.5. The van der Waals surface area contributed by atoms with E-state index in [0.29, 0.717) is 15.6 Å². The molecule has 2 aromatic heterocycles. The van der Waals surface area contributed by atoms with Crippen molar-refractivity contribution in [3.05, 3.63) is 75.8 Å². The van der Waals surface area contributed by atoms with Crippen molar-refractivity contribution < 1.29 is 19.1 Å². The molecule has 1 aromatic carbocycles. The fraction of sp³-hybridized carbons (Fsp3) is 0.111. The molecule has 1 atom stereocenters. The predicted octanol–water partition coefficient (Wildman–Crippen LogP) is 2.99. The molecule has 6 nitrogen and oxygen atoms in total. The Morgan fingerprint density at radius 1 is 1.12 bits per heavy atom. The van der Waals surface area contributed by atoms with Crippen LogP contribution in [0, 0.1) is 0 Å². The molecule has 2 heterocycles. The highest BCUT2D eigenvalue weighted by molar-refractivity contribution is 7.10. The molecule has 0 bridgehead atoms. The molecule has 3 rings (SSSR count). The highest BCUT2D eigenvalue weighted by Crippen LogP contribution is 2.32. The van der Waals surface area contributed by atoms with Crippen LogP contribution in [0.15, 0.2) is 64.6 Å². The van der Waals surface area contributed by atoms with Crippen LogP contribution in [0.4, 0.5) is 5.69 Å². The number of para-hydroxylation sites is 1. The van der Waals surface area contributed by atoms with Gasteiger partial charge in [0.15, 0.2) is 5.60 Å². The van der Waals surface area contributed by atoms with Gasteiger partial charge in [-0.15, -0.1) is 11.3 Å². The number of carbonyl (C=O) groups is 2. The number of rotatable bonds is 5. The van der Waals surface area contributed by atoms with Gasteiger partial charge in [0.25, 0.3) is 0 Å². The molecule has 2 amide bonds. The first-order valence-corrected chi connectivity index (χ1v) is 8.90. The van der Waals surface area contributed by atoms with Gasteiger partial charge in [-0.3, -0.25) is 9.59 Å². The largest absolute Gasteiger partial charge is 0.466 e. The van der Waals surface area contributed by atoms with Crippen molar-refractivity contribution in [3.63, 3.8) is 0 Å². The Labute approximate surface area is 158 Å². The third kappa shape index (κ3) is 3.80. The zero-order chi connectivity index (χ0) is 18.6. The Balaban J connectivity index is 1.70. The van der Waals surface area contributed by atoms with Crippen LogP contribution < -0.4 is 10.6 Å². The molecule has 0 aliphatic heterocycles. The van der Waals surface area contributed by atoms with Crippen LogP contribution in [-0.2, 0) is 15.2 Å². The van der Waals surface area contributed by atoms with Crippen LogP contribution in [0.3, 0.4) is 0 Å². The minimum Gasteiger partial charge on any atom is -0.466 e. The lowest BCUT2D eigenvalue weighted by molar-refractivity contribution is -0.136. The van der Waals surface area contributed by atoms with E-state index in [4.69, 9.17) is 16.0 Å². The highest BCUT2D eigenvalue weighted by Gasteiger charge is 2.36. The van der Waals surface area contributed by atoms with E-state index in [1.165, 1.54) is 17.6 Å². The lowest BCUT2D eigenvalue weighted by Gasteiger charge is -2.25. The van der Waals surface area contributed by atoms with E-state index in [2.05, 4.69) is 10.6 Å². The number of nitrogens with one attached hydrogen (secondary N) is 2. The molecule has 0 saturated carbocycles. The van der Waals surface area contributed by atoms with E-state index in [1.54, 1.807) is 53.9 Å². The van der Waals surface area contributed by atoms with Gasteiger partial charge in [0.1, 0.15) is 5.76 Å². The summed E-state index contributed by atoms with van der Waals surface area (Å²) in [5.74, 6) is -1.51. The number of aliphatic hydroxyl groups is 1. The summed E-state index contributed by atoms with van der Waals surface area (Å²) in [5.41, 5.74) is -1.24. The van der Waals surface area contributed by atoms with Gasteiger partial charge in [-0.05, 0) is 35.7 Å². The topological polar surface area (TPSA) is 91.6 Å². The molecule has 0 aliphatic carbocycles. The Morgan fingerprint density at radius 2 is 1.92 bits per heavy atom. The number of thiophene rings is 1. The number of furan rings is 1. The van der Waals surface area contributed by atoms with Crippen LogP contribution in [-0.4, -0.2) is 23.5 Å². The SMILES string of the molecule is O=C(NC[C@@](O)(c1ccco1)c1cccs1)C(=O)Nc1ccccc1Cl. The third-order valence-corrected chi connectivity index (χ3v) is 5.04. The summed E-state index contributed by atoms with van der Waals surface area (Å²) in [6.07, 6.45) is 1.43. The molecule has 134 valence electrons. The van der Waals surface area contributed by atoms with Gasteiger partial charge in [-0.25, -0.2) is 0 Å². The molecular formula is C18H15ClN2O4S. The lowest BCUT2D eigenvalue weighted by Crippen LogP contribution is -2.44. The zero-order valence-corrected chi connectivity index (χ0v) is 15.0. The van der Waals surface area contributed by atoms with Crippen LogP contribution in [0.5, 0.6) is 0 Å². The summed E-state index contributed by atoms with van der Waals surface area (Å²) in [5, 5.41) is 18.0. The van der Waals surface area contributed by atoms with Crippen molar-refractivity contribution in [3.8, 4) is 0 Å². The minimum absolute atomic E-state index is 0.226. The minimum atomic E-state index is -1.57. The molecular weight excluding hydrogens is 376 g/mol. The molecule has 0 saturated heterocycles. The fourth-order valence-corrected chi connectivity index (χ4v) is 3.37. The second-order valence-electron chi connectivity index (χ2n) is 5.43. The molecule has 0 radical (unpaired) electrons. The van der Waals surface area contributed by atoms with Crippen LogP contribution in [0.1, 0.15) is 10.6 Å². The number of halogens is 1. The quantitative estimate of drug-likeness (QED) is 0.584. The number of anilines is 1. The van der Waals surface area contributed by atoms with Gasteiger partial charge >= 0.3 is 11.8 Å². The van der Waals surface area contributed by atoms with E-state index in [-0.39, 0.29) is 12.3 Å². The third-order valence-electron chi connectivity index (χ3n) is 3.69. The van der Waals surface area contributed by atoms with E-state index >= 15 is 0 Å². The Kier molecular flexibility index (Phi) is 5.41. The molecule has 0 spiro atoms. The number of hydrogen-bond donors (Lipinski definition) is 3. The lowest BCUT2D eigenvalue weighted by atomic mass is 9.98.